The third kappa shape index (κ3) is 5.16. The molecule has 2 aliphatic rings. The second-order valence-corrected chi connectivity index (χ2v) is 10.1. The van der Waals surface area contributed by atoms with Crippen LogP contribution in [-0.2, 0) is 22.6 Å². The number of halogens is 3. The lowest BCUT2D eigenvalue weighted by molar-refractivity contribution is -0.141. The number of nitrogens with zero attached hydrogens (tertiary/aromatic N) is 1. The van der Waals surface area contributed by atoms with Crippen molar-refractivity contribution < 1.29 is 33.0 Å². The van der Waals surface area contributed by atoms with E-state index < -0.39 is 35.4 Å². The first-order valence-electron chi connectivity index (χ1n) is 12.6. The fourth-order valence-electron chi connectivity index (χ4n) is 5.55. The van der Waals surface area contributed by atoms with Crippen LogP contribution in [0.25, 0.3) is 11.1 Å². The molecule has 1 aliphatic heterocycles. The first-order chi connectivity index (χ1) is 18.8. The molecule has 7 nitrogen and oxygen atoms in total. The van der Waals surface area contributed by atoms with E-state index in [9.17, 15) is 14.7 Å². The number of likely N-dealkylation sites (tertiary alicyclic amines) is 1. The topological polar surface area (TPSA) is 88.1 Å². The first-order valence-corrected chi connectivity index (χ1v) is 13.0. The molecule has 5 rings (SSSR count). The minimum atomic E-state index is -0.929. The molecule has 39 heavy (non-hydrogen) atoms. The SMILES string of the molecule is COc1c(CN2CCC(C(=O)O)C2)cc(F)c(OC2CCc3c(-c4cccc(NC=O)c4Cl)cccc32)c1F. The number of carbonyl (C=O) groups is 2. The highest BCUT2D eigenvalue weighted by molar-refractivity contribution is 6.36. The van der Waals surface area contributed by atoms with Crippen molar-refractivity contribution in [3.63, 3.8) is 0 Å². The second-order valence-electron chi connectivity index (χ2n) is 9.70. The van der Waals surface area contributed by atoms with Gasteiger partial charge >= 0.3 is 5.97 Å². The first kappa shape index (κ1) is 26.9. The van der Waals surface area contributed by atoms with Crippen molar-refractivity contribution in [3.05, 3.63) is 75.8 Å². The van der Waals surface area contributed by atoms with Gasteiger partial charge in [0.15, 0.2) is 17.3 Å². The molecule has 1 aliphatic carbocycles. The van der Waals surface area contributed by atoms with Crippen molar-refractivity contribution in [3.8, 4) is 22.6 Å². The maximum absolute atomic E-state index is 15.6. The lowest BCUT2D eigenvalue weighted by Crippen LogP contribution is -2.23. The van der Waals surface area contributed by atoms with Crippen LogP contribution in [0, 0.1) is 17.6 Å². The number of carbonyl (C=O) groups excluding carboxylic acids is 1. The highest BCUT2D eigenvalue weighted by Crippen LogP contribution is 2.45. The molecule has 0 saturated carbocycles. The molecule has 2 unspecified atom stereocenters. The standard InChI is InChI=1S/C29H27ClF2N2O5/c1-38-27-17(14-34-11-10-16(13-34)29(36)37)12-22(31)28(26(27)32)39-24-9-8-19-18(4-2-5-20(19)24)21-6-3-7-23(25(21)30)33-15-35/h2-7,12,15-16,24H,8-11,13-14H2,1H3,(H,33,35)(H,36,37). The predicted molar refractivity (Wildman–Crippen MR) is 142 cm³/mol. The van der Waals surface area contributed by atoms with E-state index in [1.807, 2.05) is 29.2 Å². The number of hydrogen-bond donors (Lipinski definition) is 2. The predicted octanol–water partition coefficient (Wildman–Crippen LogP) is 5.83. The van der Waals surface area contributed by atoms with Crippen LogP contribution < -0.4 is 14.8 Å². The molecule has 1 fully saturated rings. The van der Waals surface area contributed by atoms with Gasteiger partial charge in [-0.3, -0.25) is 14.5 Å². The van der Waals surface area contributed by atoms with E-state index >= 15 is 8.78 Å². The van der Waals surface area contributed by atoms with Crippen molar-refractivity contribution in [1.82, 2.24) is 4.90 Å². The highest BCUT2D eigenvalue weighted by Gasteiger charge is 2.32. The molecule has 0 spiro atoms. The Morgan fingerprint density at radius 2 is 1.95 bits per heavy atom. The average Bonchev–Trinajstić information content (AvgIpc) is 3.55. The summed E-state index contributed by atoms with van der Waals surface area (Å²) in [5, 5.41) is 12.2. The van der Waals surface area contributed by atoms with Crippen LogP contribution in [0.4, 0.5) is 14.5 Å². The van der Waals surface area contributed by atoms with Crippen molar-refractivity contribution >= 4 is 29.7 Å². The summed E-state index contributed by atoms with van der Waals surface area (Å²) in [6.45, 7) is 0.982. The van der Waals surface area contributed by atoms with Gasteiger partial charge in [-0.15, -0.1) is 0 Å². The molecular weight excluding hydrogens is 530 g/mol. The minimum Gasteiger partial charge on any atom is -0.493 e. The minimum absolute atomic E-state index is 0.122. The zero-order valence-electron chi connectivity index (χ0n) is 21.2. The molecule has 3 aromatic carbocycles. The van der Waals surface area contributed by atoms with E-state index in [0.717, 1.165) is 22.3 Å². The normalized spacial score (nSPS) is 18.6. The van der Waals surface area contributed by atoms with E-state index in [0.29, 0.717) is 55.0 Å². The van der Waals surface area contributed by atoms with Crippen molar-refractivity contribution in [1.29, 1.82) is 0 Å². The number of anilines is 1. The van der Waals surface area contributed by atoms with Gasteiger partial charge in [-0.2, -0.15) is 4.39 Å². The summed E-state index contributed by atoms with van der Waals surface area (Å²) in [4.78, 5) is 24.1. The Bertz CT molecular complexity index is 1430. The Hall–Kier alpha value is -3.69. The third-order valence-corrected chi connectivity index (χ3v) is 7.81. The summed E-state index contributed by atoms with van der Waals surface area (Å²) in [5.74, 6) is -3.79. The Labute approximate surface area is 229 Å². The summed E-state index contributed by atoms with van der Waals surface area (Å²) in [7, 11) is 1.31. The fourth-order valence-corrected chi connectivity index (χ4v) is 5.83. The lowest BCUT2D eigenvalue weighted by Gasteiger charge is -2.21. The van der Waals surface area contributed by atoms with Crippen LogP contribution in [0.1, 0.15) is 35.6 Å². The number of benzene rings is 3. The maximum atomic E-state index is 15.6. The number of amides is 1. The molecule has 1 heterocycles. The number of aliphatic carboxylic acids is 1. The Morgan fingerprint density at radius 3 is 2.67 bits per heavy atom. The average molecular weight is 557 g/mol. The summed E-state index contributed by atoms with van der Waals surface area (Å²) in [5.41, 5.74) is 4.12. The smallest absolute Gasteiger partial charge is 0.307 e. The Morgan fingerprint density at radius 1 is 1.18 bits per heavy atom. The number of fused-ring (bicyclic) bond motifs is 1. The van der Waals surface area contributed by atoms with Gasteiger partial charge in [-0.05, 0) is 54.6 Å². The van der Waals surface area contributed by atoms with Gasteiger partial charge in [0.05, 0.1) is 23.7 Å². The zero-order chi connectivity index (χ0) is 27.7. The number of carboxylic acid groups (broad SMARTS) is 1. The number of hydrogen-bond acceptors (Lipinski definition) is 5. The number of rotatable bonds is 9. The van der Waals surface area contributed by atoms with E-state index in [2.05, 4.69) is 5.32 Å². The number of ether oxygens (including phenoxy) is 2. The Balaban J connectivity index is 1.42. The molecule has 1 saturated heterocycles. The molecule has 2 atom stereocenters. The van der Waals surface area contributed by atoms with Gasteiger partial charge in [0.2, 0.25) is 12.2 Å². The van der Waals surface area contributed by atoms with Gasteiger partial charge in [0, 0.05) is 24.2 Å². The van der Waals surface area contributed by atoms with Crippen LogP contribution in [0.15, 0.2) is 42.5 Å². The molecule has 0 radical (unpaired) electrons. The maximum Gasteiger partial charge on any atom is 0.307 e. The molecule has 204 valence electrons. The molecule has 3 aromatic rings. The Kier molecular flexibility index (Phi) is 7.72. The van der Waals surface area contributed by atoms with E-state index in [1.54, 1.807) is 12.1 Å². The summed E-state index contributed by atoms with van der Waals surface area (Å²) < 4.78 is 42.1. The number of methoxy groups -OCH3 is 1. The van der Waals surface area contributed by atoms with E-state index in [-0.39, 0.29) is 12.3 Å². The van der Waals surface area contributed by atoms with Crippen molar-refractivity contribution in [2.75, 3.05) is 25.5 Å². The van der Waals surface area contributed by atoms with Gasteiger partial charge in [-0.25, -0.2) is 4.39 Å². The number of nitrogens with one attached hydrogen (secondary N) is 1. The molecule has 10 heteroatoms. The van der Waals surface area contributed by atoms with Crippen LogP contribution in [0.2, 0.25) is 5.02 Å². The van der Waals surface area contributed by atoms with Crippen molar-refractivity contribution in [2.45, 2.75) is 31.9 Å². The van der Waals surface area contributed by atoms with E-state index in [4.69, 9.17) is 21.1 Å². The quantitative estimate of drug-likeness (QED) is 0.322. The lowest BCUT2D eigenvalue weighted by atomic mass is 9.96. The molecule has 2 N–H and O–H groups in total. The van der Waals surface area contributed by atoms with Gasteiger partial charge in [0.25, 0.3) is 0 Å². The van der Waals surface area contributed by atoms with E-state index in [1.165, 1.54) is 13.2 Å². The second kappa shape index (κ2) is 11.2. The van der Waals surface area contributed by atoms with Crippen LogP contribution >= 0.6 is 11.6 Å². The van der Waals surface area contributed by atoms with Crippen molar-refractivity contribution in [2.24, 2.45) is 5.92 Å². The molecular formula is C29H27ClF2N2O5. The van der Waals surface area contributed by atoms with Crippen LogP contribution in [0.3, 0.4) is 0 Å². The van der Waals surface area contributed by atoms with Crippen LogP contribution in [-0.4, -0.2) is 42.6 Å². The monoisotopic (exact) mass is 556 g/mol. The van der Waals surface area contributed by atoms with Crippen LogP contribution in [0.5, 0.6) is 11.5 Å². The van der Waals surface area contributed by atoms with Gasteiger partial charge < -0.3 is 19.9 Å². The van der Waals surface area contributed by atoms with Gasteiger partial charge in [-0.1, -0.05) is 41.9 Å². The summed E-state index contributed by atoms with van der Waals surface area (Å²) >= 11 is 6.57. The zero-order valence-corrected chi connectivity index (χ0v) is 21.9. The summed E-state index contributed by atoms with van der Waals surface area (Å²) in [6.07, 6.45) is 1.56. The molecule has 1 amide bonds. The highest BCUT2D eigenvalue weighted by atomic mass is 35.5. The molecule has 0 aromatic heterocycles. The molecule has 0 bridgehead atoms. The van der Waals surface area contributed by atoms with Gasteiger partial charge in [0.1, 0.15) is 6.10 Å². The largest absolute Gasteiger partial charge is 0.493 e. The third-order valence-electron chi connectivity index (χ3n) is 7.41. The summed E-state index contributed by atoms with van der Waals surface area (Å²) in [6, 6.07) is 12.2. The fraction of sp³-hybridized carbons (Fsp3) is 0.310. The number of carboxylic acids is 1.